The van der Waals surface area contributed by atoms with E-state index in [0.29, 0.717) is 30.0 Å². The third-order valence-corrected chi connectivity index (χ3v) is 4.51. The van der Waals surface area contributed by atoms with Crippen LogP contribution < -0.4 is 5.73 Å². The number of allylic oxidation sites excluding steroid dienone is 4. The predicted octanol–water partition coefficient (Wildman–Crippen LogP) is 3.37. The quantitative estimate of drug-likeness (QED) is 0.468. The molecule has 2 rings (SSSR count). The van der Waals surface area contributed by atoms with Gasteiger partial charge in [-0.25, -0.2) is 0 Å². The molecule has 1 aliphatic rings. The van der Waals surface area contributed by atoms with E-state index in [1.807, 2.05) is 23.1 Å². The highest BCUT2D eigenvalue weighted by molar-refractivity contribution is 6.31. The van der Waals surface area contributed by atoms with Crippen molar-refractivity contribution in [2.45, 2.75) is 12.3 Å². The predicted molar refractivity (Wildman–Crippen MR) is 97.3 cm³/mol. The molecule has 0 saturated carbocycles. The lowest BCUT2D eigenvalue weighted by Crippen LogP contribution is -2.40. The fourth-order valence-corrected chi connectivity index (χ4v) is 2.94. The van der Waals surface area contributed by atoms with Gasteiger partial charge >= 0.3 is 0 Å². The maximum atomic E-state index is 11.1. The van der Waals surface area contributed by atoms with Crippen LogP contribution in [0.4, 0.5) is 0 Å². The van der Waals surface area contributed by atoms with Crippen LogP contribution in [0, 0.1) is 5.92 Å². The average Bonchev–Trinajstić information content (AvgIpc) is 2.64. The van der Waals surface area contributed by atoms with Gasteiger partial charge in [-0.15, -0.1) is 0 Å². The van der Waals surface area contributed by atoms with E-state index in [-0.39, 0.29) is 5.92 Å². The van der Waals surface area contributed by atoms with Gasteiger partial charge in [0, 0.05) is 30.0 Å². The molecule has 2 atom stereocenters. The first-order valence-electron chi connectivity index (χ1n) is 7.96. The Morgan fingerprint density at radius 3 is 2.79 bits per heavy atom. The standard InChI is InChI=1S/C19H23ClN2O2/c1-2-17(20)8-9-19(21)24-13-16-10-11-22(14-23)12-18(16)15-6-4-3-5-7-15/h2-9,14,16,18H,1,10-13,21H2/b17-8+,19-9+/t16-,18-/m1/s1. The van der Waals surface area contributed by atoms with Crippen LogP contribution in [0.1, 0.15) is 17.9 Å². The van der Waals surface area contributed by atoms with Crippen LogP contribution in [0.3, 0.4) is 0 Å². The number of nitrogens with two attached hydrogens (primary N) is 1. The van der Waals surface area contributed by atoms with Gasteiger partial charge in [-0.3, -0.25) is 4.79 Å². The summed E-state index contributed by atoms with van der Waals surface area (Å²) in [5, 5.41) is 0.503. The minimum Gasteiger partial charge on any atom is -0.479 e. The van der Waals surface area contributed by atoms with Crippen LogP contribution in [-0.2, 0) is 9.53 Å². The zero-order chi connectivity index (χ0) is 17.4. The second-order valence-corrected chi connectivity index (χ2v) is 6.24. The molecule has 5 heteroatoms. The van der Waals surface area contributed by atoms with Crippen molar-refractivity contribution < 1.29 is 9.53 Å². The number of benzene rings is 1. The van der Waals surface area contributed by atoms with Gasteiger partial charge in [0.05, 0.1) is 6.61 Å². The molecular formula is C19H23ClN2O2. The summed E-state index contributed by atoms with van der Waals surface area (Å²) in [5.74, 6) is 0.860. The lowest BCUT2D eigenvalue weighted by Gasteiger charge is -2.37. The Morgan fingerprint density at radius 2 is 2.12 bits per heavy atom. The van der Waals surface area contributed by atoms with Gasteiger partial charge in [0.2, 0.25) is 6.41 Å². The third-order valence-electron chi connectivity index (χ3n) is 4.23. The molecule has 0 radical (unpaired) electrons. The second kappa shape index (κ2) is 9.18. The van der Waals surface area contributed by atoms with Crippen molar-refractivity contribution in [1.29, 1.82) is 0 Å². The van der Waals surface area contributed by atoms with Crippen molar-refractivity contribution in [1.82, 2.24) is 4.90 Å². The smallest absolute Gasteiger partial charge is 0.209 e. The fraction of sp³-hybridized carbons (Fsp3) is 0.316. The zero-order valence-corrected chi connectivity index (χ0v) is 14.4. The molecule has 1 heterocycles. The van der Waals surface area contributed by atoms with Crippen molar-refractivity contribution in [3.05, 3.63) is 71.6 Å². The molecule has 128 valence electrons. The Labute approximate surface area is 148 Å². The summed E-state index contributed by atoms with van der Waals surface area (Å²) in [6.07, 6.45) is 6.61. The van der Waals surface area contributed by atoms with E-state index in [2.05, 4.69) is 18.7 Å². The average molecular weight is 347 g/mol. The van der Waals surface area contributed by atoms with Crippen LogP contribution >= 0.6 is 11.6 Å². The number of ether oxygens (including phenoxy) is 1. The van der Waals surface area contributed by atoms with Gasteiger partial charge in [0.25, 0.3) is 0 Å². The SMILES string of the molecule is C=C/C(Cl)=C\C=C(/N)OC[C@H]1CCN(C=O)C[C@@H]1c1ccccc1. The van der Waals surface area contributed by atoms with Crippen molar-refractivity contribution >= 4 is 18.0 Å². The lowest BCUT2D eigenvalue weighted by molar-refractivity contribution is -0.120. The Balaban J connectivity index is 2.04. The first kappa shape index (κ1) is 18.1. The molecule has 0 bridgehead atoms. The first-order chi connectivity index (χ1) is 11.6. The molecule has 1 amide bonds. The van der Waals surface area contributed by atoms with E-state index >= 15 is 0 Å². The topological polar surface area (TPSA) is 55.6 Å². The van der Waals surface area contributed by atoms with Crippen LogP contribution in [0.15, 0.2) is 66.1 Å². The fourth-order valence-electron chi connectivity index (χ4n) is 2.88. The van der Waals surface area contributed by atoms with Crippen molar-refractivity contribution in [2.24, 2.45) is 11.7 Å². The van der Waals surface area contributed by atoms with E-state index in [4.69, 9.17) is 22.1 Å². The molecule has 1 aromatic carbocycles. The monoisotopic (exact) mass is 346 g/mol. The van der Waals surface area contributed by atoms with E-state index < -0.39 is 0 Å². The molecule has 1 aromatic rings. The van der Waals surface area contributed by atoms with Crippen LogP contribution in [-0.4, -0.2) is 31.0 Å². The lowest BCUT2D eigenvalue weighted by atomic mass is 9.81. The maximum Gasteiger partial charge on any atom is 0.209 e. The molecule has 4 nitrogen and oxygen atoms in total. The summed E-state index contributed by atoms with van der Waals surface area (Å²) in [6.45, 7) is 5.52. The van der Waals surface area contributed by atoms with Gasteiger partial charge in [0.15, 0.2) is 5.88 Å². The van der Waals surface area contributed by atoms with E-state index in [1.54, 1.807) is 12.2 Å². The first-order valence-corrected chi connectivity index (χ1v) is 8.34. The van der Waals surface area contributed by atoms with Crippen molar-refractivity contribution in [3.8, 4) is 0 Å². The normalized spacial score (nSPS) is 22.1. The molecule has 0 unspecified atom stereocenters. The van der Waals surface area contributed by atoms with Crippen LogP contribution in [0.2, 0.25) is 0 Å². The number of nitrogens with zero attached hydrogens (tertiary/aromatic N) is 1. The number of rotatable bonds is 7. The Hall–Kier alpha value is -2.20. The summed E-state index contributed by atoms with van der Waals surface area (Å²) in [5.41, 5.74) is 7.08. The molecule has 1 aliphatic heterocycles. The number of hydrogen-bond acceptors (Lipinski definition) is 3. The summed E-state index contributed by atoms with van der Waals surface area (Å²) in [7, 11) is 0. The number of carbonyl (C=O) groups excluding carboxylic acids is 1. The number of likely N-dealkylation sites (tertiary alicyclic amines) is 1. The highest BCUT2D eigenvalue weighted by Gasteiger charge is 2.30. The van der Waals surface area contributed by atoms with Gasteiger partial charge in [-0.1, -0.05) is 54.6 Å². The number of hydrogen-bond donors (Lipinski definition) is 1. The van der Waals surface area contributed by atoms with E-state index in [1.165, 1.54) is 11.6 Å². The zero-order valence-electron chi connectivity index (χ0n) is 13.6. The third kappa shape index (κ3) is 5.17. The maximum absolute atomic E-state index is 11.1. The Kier molecular flexibility index (Phi) is 6.94. The summed E-state index contributed by atoms with van der Waals surface area (Å²) in [6, 6.07) is 10.2. The summed E-state index contributed by atoms with van der Waals surface area (Å²) in [4.78, 5) is 12.9. The van der Waals surface area contributed by atoms with E-state index in [9.17, 15) is 4.79 Å². The molecule has 0 aliphatic carbocycles. The highest BCUT2D eigenvalue weighted by Crippen LogP contribution is 2.32. The van der Waals surface area contributed by atoms with Crippen LogP contribution in [0.5, 0.6) is 0 Å². The Bertz CT molecular complexity index is 613. The van der Waals surface area contributed by atoms with E-state index in [0.717, 1.165) is 19.4 Å². The number of piperidine rings is 1. The molecular weight excluding hydrogens is 324 g/mol. The molecule has 1 fully saturated rings. The Morgan fingerprint density at radius 1 is 1.38 bits per heavy atom. The van der Waals surface area contributed by atoms with Crippen molar-refractivity contribution in [2.75, 3.05) is 19.7 Å². The van der Waals surface area contributed by atoms with Crippen LogP contribution in [0.25, 0.3) is 0 Å². The second-order valence-electron chi connectivity index (χ2n) is 5.80. The number of halogens is 1. The highest BCUT2D eigenvalue weighted by atomic mass is 35.5. The van der Waals surface area contributed by atoms with Gasteiger partial charge in [-0.05, 0) is 24.1 Å². The molecule has 2 N–H and O–H groups in total. The minimum absolute atomic E-state index is 0.241. The van der Waals surface area contributed by atoms with Gasteiger partial charge < -0.3 is 15.4 Å². The molecule has 1 saturated heterocycles. The van der Waals surface area contributed by atoms with Crippen molar-refractivity contribution in [3.63, 3.8) is 0 Å². The minimum atomic E-state index is 0.241. The number of amides is 1. The summed E-state index contributed by atoms with van der Waals surface area (Å²) >= 11 is 5.84. The van der Waals surface area contributed by atoms with Gasteiger partial charge in [-0.2, -0.15) is 0 Å². The van der Waals surface area contributed by atoms with Gasteiger partial charge in [0.1, 0.15) is 0 Å². The summed E-state index contributed by atoms with van der Waals surface area (Å²) < 4.78 is 5.69. The largest absolute Gasteiger partial charge is 0.479 e. The number of carbonyl (C=O) groups is 1. The molecule has 0 spiro atoms. The molecule has 24 heavy (non-hydrogen) atoms. The molecule has 0 aromatic heterocycles.